The molecule has 354 valence electrons. The second-order valence-electron chi connectivity index (χ2n) is 18.8. The minimum atomic E-state index is -0.615. The number of piperidine rings is 1. The van der Waals surface area contributed by atoms with Crippen molar-refractivity contribution >= 4 is 34.7 Å². The number of nitrogens with zero attached hydrogens (tertiary/aromatic N) is 4. The van der Waals surface area contributed by atoms with Crippen LogP contribution in [0.3, 0.4) is 0 Å². The molecule has 6 aromatic rings. The molecule has 2 fully saturated rings. The van der Waals surface area contributed by atoms with Gasteiger partial charge >= 0.3 is 0 Å². The third kappa shape index (κ3) is 10.8. The molecule has 12 heteroatoms. The number of carbonyl (C=O) groups excluding carboxylic acids is 4. The van der Waals surface area contributed by atoms with E-state index in [0.717, 1.165) is 133 Å². The Kier molecular flexibility index (Phi) is 14.9. The number of fused-ring (bicyclic) bond motifs is 2. The van der Waals surface area contributed by atoms with Crippen molar-refractivity contribution in [2.75, 3.05) is 6.54 Å². The van der Waals surface area contributed by atoms with E-state index < -0.39 is 11.9 Å². The van der Waals surface area contributed by atoms with Gasteiger partial charge < -0.3 is 24.5 Å². The van der Waals surface area contributed by atoms with Crippen LogP contribution >= 0.6 is 0 Å². The lowest BCUT2D eigenvalue weighted by Gasteiger charge is -2.29. The highest BCUT2D eigenvalue weighted by molar-refractivity contribution is 6.06. The third-order valence-corrected chi connectivity index (χ3v) is 14.0. The molecule has 0 bridgehead atoms. The number of unbranched alkanes of at least 4 members (excludes halogenated alkanes) is 5. The van der Waals surface area contributed by atoms with E-state index in [9.17, 15) is 29.7 Å². The van der Waals surface area contributed by atoms with Crippen molar-refractivity contribution < 1.29 is 24.3 Å². The molecular weight excluding hydrogens is 863 g/mol. The lowest BCUT2D eigenvalue weighted by Crippen LogP contribution is -2.52. The number of amides is 4. The number of aryl methyl sites for hydroxylation is 1. The largest absolute Gasteiger partial charge is 0.393 e. The second-order valence-corrected chi connectivity index (χ2v) is 18.8. The number of carbonyl (C=O) groups is 4. The fourth-order valence-electron chi connectivity index (χ4n) is 10.4. The first kappa shape index (κ1) is 47.0. The molecule has 1 saturated carbocycles. The topological polar surface area (TPSA) is 162 Å². The highest BCUT2D eigenvalue weighted by Crippen LogP contribution is 2.40. The van der Waals surface area contributed by atoms with E-state index in [1.165, 1.54) is 0 Å². The monoisotopic (exact) mass is 923 g/mol. The molecule has 4 heterocycles. The average Bonchev–Trinajstić information content (AvgIpc) is 3.88. The first-order valence-corrected chi connectivity index (χ1v) is 24.8. The third-order valence-electron chi connectivity index (χ3n) is 14.0. The number of benzene rings is 4. The van der Waals surface area contributed by atoms with E-state index in [-0.39, 0.29) is 36.3 Å². The molecule has 1 aliphatic carbocycles. The maximum absolute atomic E-state index is 13.2. The second kappa shape index (κ2) is 21.9. The van der Waals surface area contributed by atoms with Crippen LogP contribution < -0.4 is 16.1 Å². The van der Waals surface area contributed by atoms with Crippen LogP contribution in [-0.2, 0) is 33.9 Å². The zero-order chi connectivity index (χ0) is 47.7. The maximum atomic E-state index is 13.2. The molecule has 1 saturated heterocycles. The Labute approximate surface area is 403 Å². The van der Waals surface area contributed by atoms with Crippen LogP contribution in [0.4, 0.5) is 0 Å². The Hall–Kier alpha value is -7.10. The summed E-state index contributed by atoms with van der Waals surface area (Å²) in [6.45, 7) is 1.56. The average molecular weight is 924 g/mol. The number of rotatable bonds is 17. The van der Waals surface area contributed by atoms with Crippen LogP contribution in [-0.4, -0.2) is 66.4 Å². The van der Waals surface area contributed by atoms with Crippen LogP contribution in [0.25, 0.3) is 33.4 Å². The van der Waals surface area contributed by atoms with Gasteiger partial charge in [0.05, 0.1) is 23.5 Å². The number of imide groups is 1. The number of aliphatic hydroxyl groups is 1. The van der Waals surface area contributed by atoms with Gasteiger partial charge in [-0.3, -0.25) is 29.9 Å². The summed E-state index contributed by atoms with van der Waals surface area (Å²) in [5, 5.41) is 26.2. The molecule has 69 heavy (non-hydrogen) atoms. The van der Waals surface area contributed by atoms with Gasteiger partial charge in [0, 0.05) is 61.6 Å². The first-order chi connectivity index (χ1) is 33.7. The Morgan fingerprint density at radius 3 is 2.36 bits per heavy atom. The maximum Gasteiger partial charge on any atom is 0.255 e. The Balaban J connectivity index is 0.756. The zero-order valence-corrected chi connectivity index (χ0v) is 39.2. The summed E-state index contributed by atoms with van der Waals surface area (Å²) in [6, 6.07) is 34.3. The fourth-order valence-corrected chi connectivity index (χ4v) is 10.4. The molecule has 0 radical (unpaired) electrons. The van der Waals surface area contributed by atoms with Gasteiger partial charge in [-0.15, -0.1) is 0 Å². The zero-order valence-electron chi connectivity index (χ0n) is 39.2. The fraction of sp³-hybridized carbons (Fsp3) is 0.368. The summed E-state index contributed by atoms with van der Waals surface area (Å²) in [5.74, 6) is 5.97. The van der Waals surface area contributed by atoms with Crippen molar-refractivity contribution in [3.63, 3.8) is 0 Å². The van der Waals surface area contributed by atoms with E-state index >= 15 is 0 Å². The molecular formula is C57H61N7O5. The van der Waals surface area contributed by atoms with Crippen molar-refractivity contribution in [1.82, 2.24) is 29.7 Å². The highest BCUT2D eigenvalue weighted by Gasteiger charge is 2.39. The predicted molar refractivity (Wildman–Crippen MR) is 267 cm³/mol. The number of hydrogen-bond donors (Lipinski definition) is 4. The molecule has 3 aliphatic rings. The summed E-state index contributed by atoms with van der Waals surface area (Å²) < 4.78 is 4.27. The van der Waals surface area contributed by atoms with Gasteiger partial charge in [-0.25, -0.2) is 4.98 Å². The number of hydrogen-bond acceptors (Lipinski definition) is 7. The van der Waals surface area contributed by atoms with E-state index in [4.69, 9.17) is 4.98 Å². The van der Waals surface area contributed by atoms with Gasteiger partial charge in [0.25, 0.3) is 5.91 Å². The molecule has 4 amide bonds. The summed E-state index contributed by atoms with van der Waals surface area (Å²) >= 11 is 0. The van der Waals surface area contributed by atoms with E-state index in [1.54, 1.807) is 4.90 Å². The normalized spacial score (nSPS) is 17.9. The number of nitrogens with one attached hydrogen (secondary N) is 3. The van der Waals surface area contributed by atoms with Gasteiger partial charge in [-0.2, -0.15) is 0 Å². The van der Waals surface area contributed by atoms with Crippen molar-refractivity contribution in [2.24, 2.45) is 0 Å². The number of aliphatic hydroxyl groups excluding tert-OH is 1. The van der Waals surface area contributed by atoms with Crippen LogP contribution in [0.15, 0.2) is 109 Å². The lowest BCUT2D eigenvalue weighted by molar-refractivity contribution is -0.137. The highest BCUT2D eigenvalue weighted by atomic mass is 16.3. The summed E-state index contributed by atoms with van der Waals surface area (Å²) in [5.41, 5.74) is 10.1. The van der Waals surface area contributed by atoms with Gasteiger partial charge in [0.1, 0.15) is 17.2 Å². The summed E-state index contributed by atoms with van der Waals surface area (Å²) in [7, 11) is 0. The van der Waals surface area contributed by atoms with Crippen LogP contribution in [0.1, 0.15) is 129 Å². The van der Waals surface area contributed by atoms with Crippen molar-refractivity contribution in [3.8, 4) is 34.2 Å². The quantitative estimate of drug-likeness (QED) is 0.0406. The molecule has 2 aliphatic heterocycles. The van der Waals surface area contributed by atoms with Gasteiger partial charge in [0.2, 0.25) is 17.7 Å². The van der Waals surface area contributed by atoms with Crippen molar-refractivity contribution in [2.45, 2.75) is 128 Å². The minimum absolute atomic E-state index is 0.0749. The molecule has 0 spiro atoms. The molecule has 4 N–H and O–H groups in total. The lowest BCUT2D eigenvalue weighted by atomic mass is 9.93. The van der Waals surface area contributed by atoms with Gasteiger partial charge in [-0.05, 0) is 110 Å². The van der Waals surface area contributed by atoms with E-state index in [2.05, 4.69) is 81.6 Å². The molecule has 1 unspecified atom stereocenters. The Morgan fingerprint density at radius 1 is 0.826 bits per heavy atom. The van der Waals surface area contributed by atoms with Crippen molar-refractivity contribution in [1.29, 1.82) is 5.41 Å². The molecule has 1 atom stereocenters. The first-order valence-electron chi connectivity index (χ1n) is 24.8. The van der Waals surface area contributed by atoms with Crippen LogP contribution in [0.5, 0.6) is 0 Å². The molecule has 12 nitrogen and oxygen atoms in total. The van der Waals surface area contributed by atoms with Gasteiger partial charge in [0.15, 0.2) is 0 Å². The van der Waals surface area contributed by atoms with Crippen LogP contribution in [0.2, 0.25) is 0 Å². The minimum Gasteiger partial charge on any atom is -0.393 e. The summed E-state index contributed by atoms with van der Waals surface area (Å²) in [6.07, 6.45) is 12.7. The molecule has 2 aromatic heterocycles. The predicted octanol–water partition coefficient (Wildman–Crippen LogP) is 8.77. The van der Waals surface area contributed by atoms with Crippen LogP contribution in [0, 0.1) is 17.3 Å². The van der Waals surface area contributed by atoms with E-state index in [1.807, 2.05) is 59.4 Å². The van der Waals surface area contributed by atoms with Gasteiger partial charge in [-0.1, -0.05) is 110 Å². The smallest absolute Gasteiger partial charge is 0.255 e. The Bertz CT molecular complexity index is 2960. The van der Waals surface area contributed by atoms with E-state index in [0.29, 0.717) is 43.5 Å². The Morgan fingerprint density at radius 2 is 1.58 bits per heavy atom. The van der Waals surface area contributed by atoms with Crippen molar-refractivity contribution in [3.05, 3.63) is 143 Å². The number of aromatic nitrogens is 3. The summed E-state index contributed by atoms with van der Waals surface area (Å²) in [4.78, 5) is 56.6. The SMILES string of the molecule is N=c1c2c(-c3ccccc3)c(-c3ccccc3)n(Cc3cccc(C#CCCCCNC(=O)CCCCCCc4cccc5c4CN(C4CCC(=O)NC4=O)C5=O)c3)c2ncn1C1CCC(O)CC1. The molecule has 4 aromatic carbocycles. The molecule has 9 rings (SSSR count). The standard InChI is InChI=1S/C57H61N7O5/c58-54-52-51(42-21-9-5-10-22-42)53(43-23-11-6-12-24-43)63(55(52)60-38-64(54)44-28-30-45(65)31-29-44)36-40-19-15-18-39(35-40)17-7-3-4-14-34-59-49(66)27-13-2-1-8-20-41-25-16-26-46-47(41)37-62(57(46)69)48-32-33-50(67)61-56(48)68/h5-6,9-12,15-16,18-19,21-26,35,38,44-45,48,58,65H,1-4,8,13-14,20,27-34,36-37H2,(H,59,66)(H,61,67,68).